The molecule has 2 rings (SSSR count). The highest BCUT2D eigenvalue weighted by molar-refractivity contribution is 6.00. The van der Waals surface area contributed by atoms with Crippen molar-refractivity contribution in [2.24, 2.45) is 5.73 Å². The van der Waals surface area contributed by atoms with Crippen molar-refractivity contribution in [1.82, 2.24) is 0 Å². The van der Waals surface area contributed by atoms with Crippen LogP contribution in [0, 0.1) is 5.41 Å². The molecule has 1 aromatic rings. The van der Waals surface area contributed by atoms with Gasteiger partial charge in [0, 0.05) is 23.8 Å². The van der Waals surface area contributed by atoms with Crippen LogP contribution in [0.4, 0.5) is 5.69 Å². The van der Waals surface area contributed by atoms with Gasteiger partial charge in [0.2, 0.25) is 0 Å². The molecule has 1 saturated heterocycles. The van der Waals surface area contributed by atoms with Gasteiger partial charge in [-0.25, -0.2) is 0 Å². The van der Waals surface area contributed by atoms with Gasteiger partial charge in [0.05, 0.1) is 0 Å². The number of hydrogen-bond donors (Lipinski definition) is 2. The Morgan fingerprint density at radius 3 is 2.89 bits per heavy atom. The number of piperidine rings is 1. The molecule has 1 atom stereocenters. The highest BCUT2D eigenvalue weighted by atomic mass is 15.2. The van der Waals surface area contributed by atoms with Crippen molar-refractivity contribution in [2.75, 3.05) is 11.4 Å². The second-order valence-corrected chi connectivity index (χ2v) is 5.06. The molecule has 1 fully saturated rings. The van der Waals surface area contributed by atoms with Gasteiger partial charge >= 0.3 is 0 Å². The van der Waals surface area contributed by atoms with Gasteiger partial charge in [-0.2, -0.15) is 0 Å². The monoisotopic (exact) mass is 245 g/mol. The lowest BCUT2D eigenvalue weighted by Crippen LogP contribution is -2.40. The molecule has 1 aromatic carbocycles. The van der Waals surface area contributed by atoms with E-state index in [0.717, 1.165) is 17.8 Å². The molecule has 0 spiro atoms. The van der Waals surface area contributed by atoms with Gasteiger partial charge in [0.1, 0.15) is 5.84 Å². The SMILES string of the molecule is CCCC1CCCCN1c1ccccc1C(=N)N. The number of nitrogen functional groups attached to an aromatic ring is 1. The largest absolute Gasteiger partial charge is 0.384 e. The number of hydrogen-bond acceptors (Lipinski definition) is 2. The average Bonchev–Trinajstić information content (AvgIpc) is 2.40. The van der Waals surface area contributed by atoms with Crippen LogP contribution in [0.2, 0.25) is 0 Å². The van der Waals surface area contributed by atoms with Crippen LogP contribution in [0.15, 0.2) is 24.3 Å². The molecule has 0 aliphatic carbocycles. The van der Waals surface area contributed by atoms with Crippen LogP contribution in [0.1, 0.15) is 44.6 Å². The lowest BCUT2D eigenvalue weighted by atomic mass is 9.96. The molecule has 1 aliphatic heterocycles. The van der Waals surface area contributed by atoms with Crippen LogP contribution in [-0.4, -0.2) is 18.4 Å². The van der Waals surface area contributed by atoms with Gasteiger partial charge in [0.25, 0.3) is 0 Å². The van der Waals surface area contributed by atoms with Crippen molar-refractivity contribution in [3.63, 3.8) is 0 Å². The van der Waals surface area contributed by atoms with Crippen LogP contribution >= 0.6 is 0 Å². The predicted octanol–water partition coefficient (Wildman–Crippen LogP) is 3.13. The van der Waals surface area contributed by atoms with Crippen molar-refractivity contribution >= 4 is 11.5 Å². The van der Waals surface area contributed by atoms with Gasteiger partial charge in [-0.15, -0.1) is 0 Å². The van der Waals surface area contributed by atoms with Crippen molar-refractivity contribution in [3.05, 3.63) is 29.8 Å². The Kier molecular flexibility index (Phi) is 4.24. The maximum atomic E-state index is 7.71. The summed E-state index contributed by atoms with van der Waals surface area (Å²) in [5.41, 5.74) is 7.71. The van der Waals surface area contributed by atoms with Gasteiger partial charge in [-0.1, -0.05) is 25.5 Å². The molecule has 3 N–H and O–H groups in total. The Morgan fingerprint density at radius 1 is 1.39 bits per heavy atom. The summed E-state index contributed by atoms with van der Waals surface area (Å²) in [6.45, 7) is 3.33. The molecule has 1 aliphatic rings. The Balaban J connectivity index is 2.30. The first-order valence-corrected chi connectivity index (χ1v) is 6.94. The van der Waals surface area contributed by atoms with E-state index >= 15 is 0 Å². The molecule has 3 heteroatoms. The first-order chi connectivity index (χ1) is 8.74. The first-order valence-electron chi connectivity index (χ1n) is 6.94. The number of para-hydroxylation sites is 1. The van der Waals surface area contributed by atoms with Crippen molar-refractivity contribution in [3.8, 4) is 0 Å². The molecule has 98 valence electrons. The maximum Gasteiger partial charge on any atom is 0.124 e. The molecule has 3 nitrogen and oxygen atoms in total. The van der Waals surface area contributed by atoms with Crippen molar-refractivity contribution in [2.45, 2.75) is 45.1 Å². The number of amidine groups is 1. The number of nitrogens with one attached hydrogen (secondary N) is 1. The number of rotatable bonds is 4. The van der Waals surface area contributed by atoms with E-state index in [1.54, 1.807) is 0 Å². The Hall–Kier alpha value is -1.51. The van der Waals surface area contributed by atoms with Crippen molar-refractivity contribution in [1.29, 1.82) is 5.41 Å². The quantitative estimate of drug-likeness (QED) is 0.632. The normalized spacial score (nSPS) is 19.8. The molecular weight excluding hydrogens is 222 g/mol. The summed E-state index contributed by atoms with van der Waals surface area (Å²) >= 11 is 0. The third-order valence-electron chi connectivity index (χ3n) is 3.75. The summed E-state index contributed by atoms with van der Waals surface area (Å²) in [5.74, 6) is 0.173. The van der Waals surface area contributed by atoms with Gasteiger partial charge < -0.3 is 10.6 Å². The van der Waals surface area contributed by atoms with E-state index in [4.69, 9.17) is 11.1 Å². The Labute approximate surface area is 109 Å². The van der Waals surface area contributed by atoms with E-state index in [-0.39, 0.29) is 5.84 Å². The highest BCUT2D eigenvalue weighted by Gasteiger charge is 2.23. The molecule has 0 bridgehead atoms. The summed E-state index contributed by atoms with van der Waals surface area (Å²) in [5, 5.41) is 7.71. The minimum Gasteiger partial charge on any atom is -0.384 e. The molecular formula is C15H23N3. The topological polar surface area (TPSA) is 53.1 Å². The second kappa shape index (κ2) is 5.89. The lowest BCUT2D eigenvalue weighted by molar-refractivity contribution is 0.434. The zero-order valence-corrected chi connectivity index (χ0v) is 11.2. The third kappa shape index (κ3) is 2.66. The molecule has 1 heterocycles. The standard InChI is InChI=1S/C15H23N3/c1-2-7-12-8-5-6-11-18(12)14-10-4-3-9-13(14)15(16)17/h3-4,9-10,12H,2,5-8,11H2,1H3,(H3,16,17). The van der Waals surface area contributed by atoms with E-state index in [1.807, 2.05) is 18.2 Å². The summed E-state index contributed by atoms with van der Waals surface area (Å²) in [4.78, 5) is 2.46. The van der Waals surface area contributed by atoms with Crippen molar-refractivity contribution < 1.29 is 0 Å². The predicted molar refractivity (Wildman–Crippen MR) is 77.4 cm³/mol. The van der Waals surface area contributed by atoms with Crippen LogP contribution < -0.4 is 10.6 Å². The summed E-state index contributed by atoms with van der Waals surface area (Å²) in [6.07, 6.45) is 6.27. The number of nitrogens with zero attached hydrogens (tertiary/aromatic N) is 1. The minimum atomic E-state index is 0.173. The van der Waals surface area contributed by atoms with Gasteiger partial charge in [0.15, 0.2) is 0 Å². The Bertz CT molecular complexity index is 412. The molecule has 0 radical (unpaired) electrons. The fourth-order valence-electron chi connectivity index (χ4n) is 2.90. The summed E-state index contributed by atoms with van der Waals surface area (Å²) in [7, 11) is 0. The molecule has 0 amide bonds. The zero-order valence-electron chi connectivity index (χ0n) is 11.2. The van der Waals surface area contributed by atoms with E-state index in [9.17, 15) is 0 Å². The van der Waals surface area contributed by atoms with E-state index in [0.29, 0.717) is 6.04 Å². The minimum absolute atomic E-state index is 0.173. The van der Waals surface area contributed by atoms with Gasteiger partial charge in [-0.05, 0) is 37.8 Å². The fourth-order valence-corrected chi connectivity index (χ4v) is 2.90. The number of anilines is 1. The second-order valence-electron chi connectivity index (χ2n) is 5.06. The third-order valence-corrected chi connectivity index (χ3v) is 3.75. The number of benzene rings is 1. The van der Waals surface area contributed by atoms with Crippen LogP contribution in [0.25, 0.3) is 0 Å². The summed E-state index contributed by atoms with van der Waals surface area (Å²) in [6, 6.07) is 8.67. The smallest absolute Gasteiger partial charge is 0.124 e. The Morgan fingerprint density at radius 2 is 2.17 bits per heavy atom. The van der Waals surface area contributed by atoms with E-state index in [1.165, 1.54) is 32.1 Å². The van der Waals surface area contributed by atoms with Gasteiger partial charge in [-0.3, -0.25) is 5.41 Å². The fraction of sp³-hybridized carbons (Fsp3) is 0.533. The van der Waals surface area contributed by atoms with Crippen LogP contribution in [0.3, 0.4) is 0 Å². The molecule has 1 unspecified atom stereocenters. The van der Waals surface area contributed by atoms with E-state index in [2.05, 4.69) is 17.9 Å². The number of nitrogens with two attached hydrogens (primary N) is 1. The highest BCUT2D eigenvalue weighted by Crippen LogP contribution is 2.29. The molecule has 0 aromatic heterocycles. The first kappa shape index (κ1) is 12.9. The zero-order chi connectivity index (χ0) is 13.0. The van der Waals surface area contributed by atoms with Crippen LogP contribution in [-0.2, 0) is 0 Å². The van der Waals surface area contributed by atoms with Crippen LogP contribution in [0.5, 0.6) is 0 Å². The average molecular weight is 245 g/mol. The molecule has 0 saturated carbocycles. The maximum absolute atomic E-state index is 7.71. The van der Waals surface area contributed by atoms with E-state index < -0.39 is 0 Å². The summed E-state index contributed by atoms with van der Waals surface area (Å²) < 4.78 is 0. The lowest BCUT2D eigenvalue weighted by Gasteiger charge is -2.38. The molecule has 18 heavy (non-hydrogen) atoms.